The second-order valence-corrected chi connectivity index (χ2v) is 6.15. The normalized spacial score (nSPS) is 16.1. The lowest BCUT2D eigenvalue weighted by atomic mass is 10.0. The largest absolute Gasteiger partial charge is 0.384 e. The van der Waals surface area contributed by atoms with Gasteiger partial charge in [-0.2, -0.15) is 0 Å². The van der Waals surface area contributed by atoms with Crippen LogP contribution in [0, 0.1) is 6.92 Å². The highest BCUT2D eigenvalue weighted by Crippen LogP contribution is 2.26. The third-order valence-corrected chi connectivity index (χ3v) is 4.57. The number of nitrogens with zero attached hydrogens (tertiary/aromatic N) is 3. The first-order chi connectivity index (χ1) is 11.6. The Morgan fingerprint density at radius 1 is 1.08 bits per heavy atom. The summed E-state index contributed by atoms with van der Waals surface area (Å²) in [4.78, 5) is 20.1. The van der Waals surface area contributed by atoms with E-state index >= 15 is 0 Å². The zero-order chi connectivity index (χ0) is 17.1. The zero-order valence-electron chi connectivity index (χ0n) is 14.1. The number of benzene rings is 1. The molecule has 1 N–H and O–H groups in total. The van der Waals surface area contributed by atoms with Gasteiger partial charge in [0.15, 0.2) is 0 Å². The number of aromatic nitrogens is 1. The van der Waals surface area contributed by atoms with Gasteiger partial charge in [-0.25, -0.2) is 4.98 Å². The van der Waals surface area contributed by atoms with E-state index in [0.717, 1.165) is 48.8 Å². The number of piperazine rings is 1. The highest BCUT2D eigenvalue weighted by Gasteiger charge is 2.21. The molecular formula is C19H23N3O2. The predicted molar refractivity (Wildman–Crippen MR) is 93.9 cm³/mol. The summed E-state index contributed by atoms with van der Waals surface area (Å²) in [6, 6.07) is 13.5. The van der Waals surface area contributed by atoms with Crippen molar-refractivity contribution in [1.29, 1.82) is 0 Å². The lowest BCUT2D eigenvalue weighted by Gasteiger charge is -2.35. The van der Waals surface area contributed by atoms with Crippen molar-refractivity contribution in [1.82, 2.24) is 9.88 Å². The second-order valence-electron chi connectivity index (χ2n) is 6.15. The minimum atomic E-state index is -0.665. The second kappa shape index (κ2) is 7.01. The molecule has 0 saturated carbocycles. The fourth-order valence-electron chi connectivity index (χ4n) is 3.09. The lowest BCUT2D eigenvalue weighted by molar-refractivity contribution is -0.129. The summed E-state index contributed by atoms with van der Waals surface area (Å²) in [5.41, 5.74) is 2.52. The fourth-order valence-corrected chi connectivity index (χ4v) is 3.09. The van der Waals surface area contributed by atoms with E-state index in [4.69, 9.17) is 0 Å². The van der Waals surface area contributed by atoms with Gasteiger partial charge in [0.2, 0.25) is 5.91 Å². The van der Waals surface area contributed by atoms with Crippen LogP contribution in [0.5, 0.6) is 0 Å². The minimum absolute atomic E-state index is 0.125. The molecule has 1 amide bonds. The van der Waals surface area contributed by atoms with Crippen LogP contribution in [0.25, 0.3) is 0 Å². The predicted octanol–water partition coefficient (Wildman–Crippen LogP) is 2.14. The molecule has 1 saturated heterocycles. The summed E-state index contributed by atoms with van der Waals surface area (Å²) in [6.07, 6.45) is -0.665. The highest BCUT2D eigenvalue weighted by atomic mass is 16.3. The van der Waals surface area contributed by atoms with E-state index in [1.165, 1.54) is 0 Å². The van der Waals surface area contributed by atoms with Gasteiger partial charge < -0.3 is 14.9 Å². The molecule has 2 aromatic rings. The van der Waals surface area contributed by atoms with Crippen molar-refractivity contribution in [2.24, 2.45) is 0 Å². The molecule has 3 rings (SSSR count). The van der Waals surface area contributed by atoms with Gasteiger partial charge in [0.25, 0.3) is 0 Å². The monoisotopic (exact) mass is 325 g/mol. The number of hydrogen-bond donors (Lipinski definition) is 1. The first-order valence-corrected chi connectivity index (χ1v) is 8.27. The van der Waals surface area contributed by atoms with Gasteiger partial charge in [0.1, 0.15) is 11.9 Å². The van der Waals surface area contributed by atoms with E-state index < -0.39 is 6.10 Å². The molecule has 0 radical (unpaired) electrons. The number of aliphatic hydroxyl groups is 1. The molecule has 2 heterocycles. The highest BCUT2D eigenvalue weighted by molar-refractivity contribution is 5.73. The van der Waals surface area contributed by atoms with E-state index in [1.807, 2.05) is 54.3 Å². The number of pyridine rings is 1. The first-order valence-electron chi connectivity index (χ1n) is 8.27. The number of aryl methyl sites for hydroxylation is 1. The van der Waals surface area contributed by atoms with E-state index in [0.29, 0.717) is 0 Å². The maximum atomic E-state index is 11.4. The quantitative estimate of drug-likeness (QED) is 0.939. The molecular weight excluding hydrogens is 302 g/mol. The fraction of sp³-hybridized carbons (Fsp3) is 0.368. The van der Waals surface area contributed by atoms with Gasteiger partial charge in [-0.3, -0.25) is 4.79 Å². The van der Waals surface area contributed by atoms with Crippen LogP contribution in [0.2, 0.25) is 0 Å². The molecule has 1 aliphatic rings. The Morgan fingerprint density at radius 2 is 1.75 bits per heavy atom. The molecule has 5 heteroatoms. The average Bonchev–Trinajstić information content (AvgIpc) is 2.62. The molecule has 1 atom stereocenters. The number of anilines is 1. The number of carbonyl (C=O) groups is 1. The Balaban J connectivity index is 1.75. The average molecular weight is 325 g/mol. The van der Waals surface area contributed by atoms with E-state index in [-0.39, 0.29) is 5.91 Å². The number of rotatable bonds is 3. The Hall–Kier alpha value is -2.40. The number of aliphatic hydroxyl groups excluding tert-OH is 1. The van der Waals surface area contributed by atoms with Crippen LogP contribution in [0.1, 0.15) is 29.8 Å². The maximum Gasteiger partial charge on any atom is 0.219 e. The van der Waals surface area contributed by atoms with Gasteiger partial charge in [0.05, 0.1) is 0 Å². The van der Waals surface area contributed by atoms with Gasteiger partial charge in [0, 0.05) is 44.4 Å². The van der Waals surface area contributed by atoms with Crippen LogP contribution >= 0.6 is 0 Å². The number of hydrogen-bond acceptors (Lipinski definition) is 4. The molecule has 1 fully saturated rings. The molecule has 0 spiro atoms. The van der Waals surface area contributed by atoms with Crippen molar-refractivity contribution >= 4 is 11.7 Å². The summed E-state index contributed by atoms with van der Waals surface area (Å²) in [6.45, 7) is 6.56. The third-order valence-electron chi connectivity index (χ3n) is 4.57. The molecule has 0 aliphatic carbocycles. The topological polar surface area (TPSA) is 56.7 Å². The number of carbonyl (C=O) groups excluding carboxylic acids is 1. The van der Waals surface area contributed by atoms with Gasteiger partial charge in [-0.05, 0) is 18.6 Å². The van der Waals surface area contributed by atoms with Crippen molar-refractivity contribution < 1.29 is 9.90 Å². The number of amides is 1. The van der Waals surface area contributed by atoms with Gasteiger partial charge in [-0.15, -0.1) is 0 Å². The molecule has 126 valence electrons. The van der Waals surface area contributed by atoms with E-state index in [1.54, 1.807) is 6.92 Å². The van der Waals surface area contributed by atoms with Crippen molar-refractivity contribution in [2.75, 3.05) is 31.1 Å². The smallest absolute Gasteiger partial charge is 0.219 e. The molecule has 5 nitrogen and oxygen atoms in total. The van der Waals surface area contributed by atoms with Gasteiger partial charge >= 0.3 is 0 Å². The molecule has 24 heavy (non-hydrogen) atoms. The SMILES string of the molecule is CC(=O)N1CCN(c2ccc(C(O)c3ccccc3)c(C)n2)CC1. The van der Waals surface area contributed by atoms with Crippen LogP contribution in [0.4, 0.5) is 5.82 Å². The van der Waals surface area contributed by atoms with Crippen molar-refractivity contribution in [3.63, 3.8) is 0 Å². The third kappa shape index (κ3) is 3.41. The standard InChI is InChI=1S/C19H23N3O2/c1-14-17(19(24)16-6-4-3-5-7-16)8-9-18(20-14)22-12-10-21(11-13-22)15(2)23/h3-9,19,24H,10-13H2,1-2H3. The lowest BCUT2D eigenvalue weighted by Crippen LogP contribution is -2.48. The Kier molecular flexibility index (Phi) is 4.81. The molecule has 1 aromatic heterocycles. The Bertz CT molecular complexity index is 710. The first kappa shape index (κ1) is 16.5. The molecule has 1 aromatic carbocycles. The Morgan fingerprint density at radius 3 is 2.33 bits per heavy atom. The Labute approximate surface area is 142 Å². The zero-order valence-corrected chi connectivity index (χ0v) is 14.1. The van der Waals surface area contributed by atoms with Crippen molar-refractivity contribution in [3.8, 4) is 0 Å². The van der Waals surface area contributed by atoms with Gasteiger partial charge in [-0.1, -0.05) is 36.4 Å². The van der Waals surface area contributed by atoms with Crippen LogP contribution in [0.15, 0.2) is 42.5 Å². The summed E-state index contributed by atoms with van der Waals surface area (Å²) in [5.74, 6) is 1.03. The molecule has 1 aliphatic heterocycles. The summed E-state index contributed by atoms with van der Waals surface area (Å²) >= 11 is 0. The maximum absolute atomic E-state index is 11.4. The van der Waals surface area contributed by atoms with Crippen molar-refractivity contribution in [3.05, 3.63) is 59.3 Å². The van der Waals surface area contributed by atoms with Crippen molar-refractivity contribution in [2.45, 2.75) is 20.0 Å². The summed E-state index contributed by atoms with van der Waals surface area (Å²) < 4.78 is 0. The molecule has 1 unspecified atom stereocenters. The summed E-state index contributed by atoms with van der Waals surface area (Å²) in [5, 5.41) is 10.6. The summed E-state index contributed by atoms with van der Waals surface area (Å²) in [7, 11) is 0. The van der Waals surface area contributed by atoms with Crippen LogP contribution in [-0.4, -0.2) is 47.1 Å². The van der Waals surface area contributed by atoms with Crippen LogP contribution in [0.3, 0.4) is 0 Å². The van der Waals surface area contributed by atoms with Crippen LogP contribution in [-0.2, 0) is 4.79 Å². The van der Waals surface area contributed by atoms with Crippen LogP contribution < -0.4 is 4.90 Å². The molecule has 0 bridgehead atoms. The van der Waals surface area contributed by atoms with E-state index in [2.05, 4.69) is 9.88 Å². The minimum Gasteiger partial charge on any atom is -0.384 e. The van der Waals surface area contributed by atoms with E-state index in [9.17, 15) is 9.90 Å².